The van der Waals surface area contributed by atoms with E-state index in [0.29, 0.717) is 0 Å². The smallest absolute Gasteiger partial charge is 0.0665 e. The van der Waals surface area contributed by atoms with Crippen LogP contribution < -0.4 is 5.32 Å². The Bertz CT molecular complexity index is 236. The van der Waals surface area contributed by atoms with Crippen molar-refractivity contribution in [2.24, 2.45) is 0 Å². The fraction of sp³-hybridized carbons (Fsp3) is 0.500. The third-order valence-corrected chi connectivity index (χ3v) is 2.58. The first-order chi connectivity index (χ1) is 6.29. The van der Waals surface area contributed by atoms with Crippen molar-refractivity contribution in [3.63, 3.8) is 0 Å². The Morgan fingerprint density at radius 1 is 1.46 bits per heavy atom. The SMILES string of the molecule is CCC(CO)(NC)c1ccncc1. The van der Waals surface area contributed by atoms with E-state index in [0.717, 1.165) is 12.0 Å². The largest absolute Gasteiger partial charge is 0.394 e. The van der Waals surface area contributed by atoms with E-state index in [2.05, 4.69) is 10.3 Å². The van der Waals surface area contributed by atoms with Crippen LogP contribution in [0.1, 0.15) is 18.9 Å². The van der Waals surface area contributed by atoms with Crippen molar-refractivity contribution in [2.45, 2.75) is 18.9 Å². The minimum Gasteiger partial charge on any atom is -0.394 e. The number of pyridine rings is 1. The number of hydrogen-bond donors (Lipinski definition) is 2. The third-order valence-electron chi connectivity index (χ3n) is 2.58. The Kier molecular flexibility index (Phi) is 3.39. The predicted molar refractivity (Wildman–Crippen MR) is 52.4 cm³/mol. The Hall–Kier alpha value is -0.930. The first-order valence-corrected chi connectivity index (χ1v) is 4.49. The number of hydrogen-bond acceptors (Lipinski definition) is 3. The van der Waals surface area contributed by atoms with Gasteiger partial charge in [-0.3, -0.25) is 4.98 Å². The quantitative estimate of drug-likeness (QED) is 0.723. The third kappa shape index (κ3) is 1.87. The van der Waals surface area contributed by atoms with Crippen LogP contribution in [0.3, 0.4) is 0 Å². The fourth-order valence-corrected chi connectivity index (χ4v) is 1.48. The van der Waals surface area contributed by atoms with Crippen LogP contribution in [0.25, 0.3) is 0 Å². The lowest BCUT2D eigenvalue weighted by Crippen LogP contribution is -2.42. The topological polar surface area (TPSA) is 45.1 Å². The van der Waals surface area contributed by atoms with E-state index < -0.39 is 0 Å². The second-order valence-electron chi connectivity index (χ2n) is 3.08. The summed E-state index contributed by atoms with van der Waals surface area (Å²) in [7, 11) is 1.86. The lowest BCUT2D eigenvalue weighted by Gasteiger charge is -2.30. The number of aromatic nitrogens is 1. The van der Waals surface area contributed by atoms with Crippen molar-refractivity contribution in [1.29, 1.82) is 0 Å². The first kappa shape index (κ1) is 10.2. The van der Waals surface area contributed by atoms with Gasteiger partial charge in [0.2, 0.25) is 0 Å². The monoisotopic (exact) mass is 180 g/mol. The lowest BCUT2D eigenvalue weighted by molar-refractivity contribution is 0.164. The zero-order chi connectivity index (χ0) is 9.73. The molecule has 2 N–H and O–H groups in total. The summed E-state index contributed by atoms with van der Waals surface area (Å²) < 4.78 is 0. The molecule has 1 unspecified atom stereocenters. The molecule has 0 amide bonds. The molecule has 0 saturated carbocycles. The molecule has 13 heavy (non-hydrogen) atoms. The Morgan fingerprint density at radius 3 is 2.46 bits per heavy atom. The van der Waals surface area contributed by atoms with E-state index in [1.807, 2.05) is 26.1 Å². The standard InChI is InChI=1S/C10H16N2O/c1-3-10(8-13,11-2)9-4-6-12-7-5-9/h4-7,11,13H,3,8H2,1-2H3. The molecule has 1 heterocycles. The van der Waals surface area contributed by atoms with Crippen molar-refractivity contribution >= 4 is 0 Å². The maximum absolute atomic E-state index is 9.35. The Labute approximate surface area is 78.8 Å². The van der Waals surface area contributed by atoms with Gasteiger partial charge in [0.25, 0.3) is 0 Å². The zero-order valence-corrected chi connectivity index (χ0v) is 8.12. The minimum absolute atomic E-state index is 0.101. The normalized spacial score (nSPS) is 15.3. The molecule has 3 heteroatoms. The Balaban J connectivity index is 3.01. The van der Waals surface area contributed by atoms with Gasteiger partial charge >= 0.3 is 0 Å². The summed E-state index contributed by atoms with van der Waals surface area (Å²) in [6.45, 7) is 2.15. The first-order valence-electron chi connectivity index (χ1n) is 4.49. The highest BCUT2D eigenvalue weighted by molar-refractivity contribution is 5.21. The number of nitrogens with zero attached hydrogens (tertiary/aromatic N) is 1. The van der Waals surface area contributed by atoms with Gasteiger partial charge < -0.3 is 10.4 Å². The molecule has 0 spiro atoms. The average Bonchev–Trinajstić information content (AvgIpc) is 2.23. The molecule has 0 fully saturated rings. The summed E-state index contributed by atoms with van der Waals surface area (Å²) in [6.07, 6.45) is 4.34. The van der Waals surface area contributed by atoms with Gasteiger partial charge in [-0.1, -0.05) is 6.92 Å². The molecular formula is C10H16N2O. The molecule has 0 aliphatic heterocycles. The molecule has 0 bridgehead atoms. The number of nitrogens with one attached hydrogen (secondary N) is 1. The van der Waals surface area contributed by atoms with Crippen molar-refractivity contribution in [3.05, 3.63) is 30.1 Å². The number of aliphatic hydroxyl groups is 1. The molecule has 1 rings (SSSR count). The highest BCUT2D eigenvalue weighted by atomic mass is 16.3. The van der Waals surface area contributed by atoms with Crippen LogP contribution in [0.4, 0.5) is 0 Å². The van der Waals surface area contributed by atoms with Crippen LogP contribution in [0.2, 0.25) is 0 Å². The number of rotatable bonds is 4. The van der Waals surface area contributed by atoms with Gasteiger partial charge in [-0.2, -0.15) is 0 Å². The number of aliphatic hydroxyl groups excluding tert-OH is 1. The second-order valence-corrected chi connectivity index (χ2v) is 3.08. The van der Waals surface area contributed by atoms with Gasteiger partial charge in [-0.05, 0) is 31.2 Å². The maximum atomic E-state index is 9.35. The van der Waals surface area contributed by atoms with Gasteiger partial charge in [-0.25, -0.2) is 0 Å². The van der Waals surface area contributed by atoms with Crippen LogP contribution in [-0.4, -0.2) is 23.7 Å². The van der Waals surface area contributed by atoms with E-state index >= 15 is 0 Å². The maximum Gasteiger partial charge on any atom is 0.0665 e. The zero-order valence-electron chi connectivity index (χ0n) is 8.12. The Morgan fingerprint density at radius 2 is 2.08 bits per heavy atom. The molecule has 0 radical (unpaired) electrons. The summed E-state index contributed by atoms with van der Waals surface area (Å²) in [5.74, 6) is 0. The highest BCUT2D eigenvalue weighted by Gasteiger charge is 2.26. The van der Waals surface area contributed by atoms with Gasteiger partial charge in [0.1, 0.15) is 0 Å². The summed E-state index contributed by atoms with van der Waals surface area (Å²) in [5.41, 5.74) is 0.762. The van der Waals surface area contributed by atoms with Crippen LogP contribution in [-0.2, 0) is 5.54 Å². The van der Waals surface area contributed by atoms with Crippen LogP contribution in [0.15, 0.2) is 24.5 Å². The average molecular weight is 180 g/mol. The predicted octanol–water partition coefficient (Wildman–Crippen LogP) is 0.899. The second kappa shape index (κ2) is 4.35. The van der Waals surface area contributed by atoms with E-state index in [1.54, 1.807) is 12.4 Å². The van der Waals surface area contributed by atoms with Crippen LogP contribution in [0.5, 0.6) is 0 Å². The highest BCUT2D eigenvalue weighted by Crippen LogP contribution is 2.22. The van der Waals surface area contributed by atoms with Crippen LogP contribution >= 0.6 is 0 Å². The van der Waals surface area contributed by atoms with E-state index in [9.17, 15) is 5.11 Å². The van der Waals surface area contributed by atoms with Crippen LogP contribution in [0, 0.1) is 0 Å². The fourth-order valence-electron chi connectivity index (χ4n) is 1.48. The van der Waals surface area contributed by atoms with Gasteiger partial charge in [0, 0.05) is 12.4 Å². The van der Waals surface area contributed by atoms with Gasteiger partial charge in [-0.15, -0.1) is 0 Å². The molecular weight excluding hydrogens is 164 g/mol. The van der Waals surface area contributed by atoms with Crippen molar-refractivity contribution < 1.29 is 5.11 Å². The van der Waals surface area contributed by atoms with Crippen molar-refractivity contribution in [3.8, 4) is 0 Å². The molecule has 0 aliphatic carbocycles. The molecule has 1 atom stereocenters. The van der Waals surface area contributed by atoms with Gasteiger partial charge in [0.15, 0.2) is 0 Å². The van der Waals surface area contributed by atoms with Gasteiger partial charge in [0.05, 0.1) is 12.1 Å². The molecule has 0 saturated heterocycles. The van der Waals surface area contributed by atoms with E-state index in [1.165, 1.54) is 0 Å². The lowest BCUT2D eigenvalue weighted by atomic mass is 9.89. The molecule has 0 aliphatic rings. The summed E-state index contributed by atoms with van der Waals surface area (Å²) in [6, 6.07) is 3.85. The molecule has 3 nitrogen and oxygen atoms in total. The van der Waals surface area contributed by atoms with Crippen molar-refractivity contribution in [1.82, 2.24) is 10.3 Å². The molecule has 1 aromatic rings. The summed E-state index contributed by atoms with van der Waals surface area (Å²) in [4.78, 5) is 3.95. The molecule has 0 aromatic carbocycles. The molecule has 72 valence electrons. The summed E-state index contributed by atoms with van der Waals surface area (Å²) >= 11 is 0. The summed E-state index contributed by atoms with van der Waals surface area (Å²) in [5, 5.41) is 12.5. The molecule has 1 aromatic heterocycles. The number of likely N-dealkylation sites (N-methyl/N-ethyl adjacent to an activating group) is 1. The van der Waals surface area contributed by atoms with Crippen molar-refractivity contribution in [2.75, 3.05) is 13.7 Å². The minimum atomic E-state index is -0.317. The van der Waals surface area contributed by atoms with E-state index in [-0.39, 0.29) is 12.1 Å². The van der Waals surface area contributed by atoms with E-state index in [4.69, 9.17) is 0 Å².